The highest BCUT2D eigenvalue weighted by Gasteiger charge is 2.21. The van der Waals surface area contributed by atoms with Crippen molar-refractivity contribution in [2.45, 2.75) is 143 Å². The van der Waals surface area contributed by atoms with E-state index in [1.165, 1.54) is 111 Å². The zero-order chi connectivity index (χ0) is 29.3. The van der Waals surface area contributed by atoms with Gasteiger partial charge in [-0.2, -0.15) is 0 Å². The maximum Gasteiger partial charge on any atom is 0.161 e. The van der Waals surface area contributed by atoms with Crippen LogP contribution in [0.1, 0.15) is 152 Å². The first-order valence-electron chi connectivity index (χ1n) is 16.9. The van der Waals surface area contributed by atoms with E-state index in [-0.39, 0.29) is 0 Å². The van der Waals surface area contributed by atoms with Crippen molar-refractivity contribution in [3.8, 4) is 11.5 Å². The third kappa shape index (κ3) is 10.7. The van der Waals surface area contributed by atoms with Gasteiger partial charge < -0.3 is 13.9 Å². The predicted octanol–water partition coefficient (Wildman–Crippen LogP) is 12.2. The molecule has 0 unspecified atom stereocenters. The van der Waals surface area contributed by atoms with E-state index in [9.17, 15) is 0 Å². The van der Waals surface area contributed by atoms with Crippen molar-refractivity contribution in [2.75, 3.05) is 13.7 Å². The fourth-order valence-corrected chi connectivity index (χ4v) is 6.12. The highest BCUT2D eigenvalue weighted by Crippen LogP contribution is 2.42. The predicted molar refractivity (Wildman–Crippen MR) is 176 cm³/mol. The van der Waals surface area contributed by atoms with Crippen LogP contribution in [0.3, 0.4) is 0 Å². The molecule has 3 nitrogen and oxygen atoms in total. The van der Waals surface area contributed by atoms with Gasteiger partial charge in [0.15, 0.2) is 11.5 Å². The molecule has 1 aliphatic carbocycles. The van der Waals surface area contributed by atoms with Crippen molar-refractivity contribution in [3.63, 3.8) is 0 Å². The lowest BCUT2D eigenvalue weighted by Crippen LogP contribution is -2.04. The van der Waals surface area contributed by atoms with Gasteiger partial charge in [-0.05, 0) is 98.9 Å². The third-order valence-electron chi connectivity index (χ3n) is 8.53. The molecule has 228 valence electrons. The molecule has 0 saturated heterocycles. The molecular weight excluding hydrogens is 504 g/mol. The molecule has 3 heteroatoms. The van der Waals surface area contributed by atoms with Crippen LogP contribution in [0, 0.1) is 13.8 Å². The topological polar surface area (TPSA) is 31.6 Å². The van der Waals surface area contributed by atoms with Crippen LogP contribution in [0.2, 0.25) is 0 Å². The van der Waals surface area contributed by atoms with Gasteiger partial charge >= 0.3 is 0 Å². The fraction of sp³-hybridized carbons (Fsp3) is 0.632. The van der Waals surface area contributed by atoms with Gasteiger partial charge in [-0.3, -0.25) is 0 Å². The normalized spacial score (nSPS) is 16.5. The van der Waals surface area contributed by atoms with E-state index < -0.39 is 0 Å². The zero-order valence-corrected chi connectivity index (χ0v) is 27.0. The van der Waals surface area contributed by atoms with E-state index in [1.54, 1.807) is 7.11 Å². The van der Waals surface area contributed by atoms with Crippen LogP contribution >= 0.6 is 0 Å². The molecule has 1 heterocycles. The molecule has 0 saturated carbocycles. The number of allylic oxidation sites excluding steroid dienone is 4. The lowest BCUT2D eigenvalue weighted by atomic mass is 9.83. The summed E-state index contributed by atoms with van der Waals surface area (Å²) in [4.78, 5) is 0. The number of hydrogen-bond donors (Lipinski definition) is 0. The van der Waals surface area contributed by atoms with E-state index in [1.807, 2.05) is 6.92 Å². The number of methoxy groups -OCH3 is 1. The van der Waals surface area contributed by atoms with E-state index in [2.05, 4.69) is 51.1 Å². The van der Waals surface area contributed by atoms with Crippen molar-refractivity contribution < 1.29 is 13.9 Å². The molecule has 1 aliphatic rings. The van der Waals surface area contributed by atoms with Gasteiger partial charge in [-0.1, -0.05) is 97.0 Å². The largest absolute Gasteiger partial charge is 0.493 e. The third-order valence-corrected chi connectivity index (χ3v) is 8.53. The second-order valence-corrected chi connectivity index (χ2v) is 12.0. The molecule has 0 spiro atoms. The Balaban J connectivity index is 1.74. The average molecular weight is 563 g/mol. The SMILES string of the molecule is CCC/C=C(/C1=C(\c2cc(OC)c(OCCCCCCCCCCCC)cc2C)CCCCCC1)c1ccc(C)o1. The summed E-state index contributed by atoms with van der Waals surface area (Å²) in [6, 6.07) is 8.69. The molecule has 0 amide bonds. The summed E-state index contributed by atoms with van der Waals surface area (Å²) in [6.07, 6.45) is 25.1. The molecular formula is C38H58O3. The number of unbranched alkanes of at least 4 members (excludes halogenated alkanes) is 10. The van der Waals surface area contributed by atoms with E-state index in [0.29, 0.717) is 0 Å². The number of benzene rings is 1. The van der Waals surface area contributed by atoms with Gasteiger partial charge in [0, 0.05) is 5.57 Å². The zero-order valence-electron chi connectivity index (χ0n) is 27.0. The Hall–Kier alpha value is -2.42. The van der Waals surface area contributed by atoms with E-state index in [4.69, 9.17) is 13.9 Å². The smallest absolute Gasteiger partial charge is 0.161 e. The molecule has 0 bridgehead atoms. The Morgan fingerprint density at radius 2 is 1.46 bits per heavy atom. The minimum Gasteiger partial charge on any atom is -0.493 e. The van der Waals surface area contributed by atoms with Crippen LogP contribution in [0.5, 0.6) is 11.5 Å². The molecule has 0 N–H and O–H groups in total. The van der Waals surface area contributed by atoms with Gasteiger partial charge in [-0.25, -0.2) is 0 Å². The summed E-state index contributed by atoms with van der Waals surface area (Å²) < 4.78 is 18.4. The van der Waals surface area contributed by atoms with Gasteiger partial charge in [-0.15, -0.1) is 0 Å². The number of ether oxygens (including phenoxy) is 2. The maximum absolute atomic E-state index is 6.30. The molecule has 0 radical (unpaired) electrons. The monoisotopic (exact) mass is 562 g/mol. The lowest BCUT2D eigenvalue weighted by Gasteiger charge is -2.23. The van der Waals surface area contributed by atoms with Gasteiger partial charge in [0.25, 0.3) is 0 Å². The van der Waals surface area contributed by atoms with Crippen LogP contribution in [-0.4, -0.2) is 13.7 Å². The first-order valence-corrected chi connectivity index (χ1v) is 16.9. The molecule has 0 fully saturated rings. The number of furan rings is 1. The summed E-state index contributed by atoms with van der Waals surface area (Å²) in [5.41, 5.74) is 6.77. The fourth-order valence-electron chi connectivity index (χ4n) is 6.12. The van der Waals surface area contributed by atoms with Gasteiger partial charge in [0.1, 0.15) is 11.5 Å². The maximum atomic E-state index is 6.30. The quantitative estimate of drug-likeness (QED) is 0.169. The second kappa shape index (κ2) is 18.9. The highest BCUT2D eigenvalue weighted by molar-refractivity contribution is 5.89. The Bertz CT molecular complexity index is 1090. The minimum atomic E-state index is 0.751. The molecule has 0 aliphatic heterocycles. The Morgan fingerprint density at radius 3 is 2.10 bits per heavy atom. The number of aryl methyl sites for hydroxylation is 2. The summed E-state index contributed by atoms with van der Waals surface area (Å²) >= 11 is 0. The molecule has 0 atom stereocenters. The van der Waals surface area contributed by atoms with Crippen LogP contribution in [0.15, 0.2) is 40.3 Å². The first-order chi connectivity index (χ1) is 20.1. The van der Waals surface area contributed by atoms with Crippen molar-refractivity contribution in [3.05, 3.63) is 58.6 Å². The Kier molecular flexibility index (Phi) is 15.3. The van der Waals surface area contributed by atoms with Crippen molar-refractivity contribution in [2.24, 2.45) is 0 Å². The second-order valence-electron chi connectivity index (χ2n) is 12.0. The van der Waals surface area contributed by atoms with Crippen LogP contribution in [-0.2, 0) is 0 Å². The van der Waals surface area contributed by atoms with Crippen molar-refractivity contribution in [1.82, 2.24) is 0 Å². The summed E-state index contributed by atoms with van der Waals surface area (Å²) in [7, 11) is 1.77. The molecule has 1 aromatic heterocycles. The van der Waals surface area contributed by atoms with Gasteiger partial charge in [0.05, 0.1) is 13.7 Å². The lowest BCUT2D eigenvalue weighted by molar-refractivity contribution is 0.284. The average Bonchev–Trinajstić information content (AvgIpc) is 3.39. The van der Waals surface area contributed by atoms with Gasteiger partial charge in [0.2, 0.25) is 0 Å². The summed E-state index contributed by atoms with van der Waals surface area (Å²) in [5, 5.41) is 0. The molecule has 41 heavy (non-hydrogen) atoms. The standard InChI is InChI=1S/C38H58O3/c1-6-8-10-11-12-13-14-15-18-21-27-40-38-28-30(3)35(29-37(38)39-5)33-24-20-17-16-19-23-32(33)34(22-9-7-2)36-26-25-31(4)41-36/h22,25-26,28-29H,6-21,23-24,27H2,1-5H3/b33-32-,34-22-. The van der Waals surface area contributed by atoms with Crippen LogP contribution in [0.4, 0.5) is 0 Å². The highest BCUT2D eigenvalue weighted by atomic mass is 16.5. The van der Waals surface area contributed by atoms with E-state index in [0.717, 1.165) is 61.7 Å². The molecule has 1 aromatic carbocycles. The van der Waals surface area contributed by atoms with Crippen molar-refractivity contribution in [1.29, 1.82) is 0 Å². The van der Waals surface area contributed by atoms with Crippen LogP contribution < -0.4 is 9.47 Å². The summed E-state index contributed by atoms with van der Waals surface area (Å²) in [6.45, 7) is 9.56. The molecule has 3 rings (SSSR count). The summed E-state index contributed by atoms with van der Waals surface area (Å²) in [5.74, 6) is 3.70. The van der Waals surface area contributed by atoms with Crippen LogP contribution in [0.25, 0.3) is 11.1 Å². The van der Waals surface area contributed by atoms with E-state index >= 15 is 0 Å². The first kappa shape index (κ1) is 33.1. The van der Waals surface area contributed by atoms with Crippen molar-refractivity contribution >= 4 is 11.1 Å². The number of rotatable bonds is 18. The Morgan fingerprint density at radius 1 is 0.780 bits per heavy atom. The number of hydrogen-bond acceptors (Lipinski definition) is 3. The molecule has 2 aromatic rings. The minimum absolute atomic E-state index is 0.751. The Labute approximate surface area is 251 Å².